The maximum atomic E-state index is 5.79. The van der Waals surface area contributed by atoms with Gasteiger partial charge in [0.05, 0.1) is 17.8 Å². The summed E-state index contributed by atoms with van der Waals surface area (Å²) in [7, 11) is 4.18. The third-order valence-electron chi connectivity index (χ3n) is 5.90. The molecule has 0 aliphatic carbocycles. The third kappa shape index (κ3) is 4.20. The average molecular weight is 435 g/mol. The molecule has 4 rings (SSSR count). The maximum absolute atomic E-state index is 5.79. The Bertz CT molecular complexity index is 1060. The van der Waals surface area contributed by atoms with Crippen LogP contribution in [-0.2, 0) is 0 Å². The zero-order chi connectivity index (χ0) is 22.1. The average Bonchev–Trinajstić information content (AvgIpc) is 3.23. The molecule has 31 heavy (non-hydrogen) atoms. The molecular formula is C24H30N6S. The minimum Gasteiger partial charge on any atom is -0.352 e. The minimum atomic E-state index is -0.00390. The molecule has 0 aromatic carbocycles. The topological polar surface area (TPSA) is 49.2 Å². The molecule has 162 valence electrons. The third-order valence-corrected chi connectivity index (χ3v) is 6.25. The number of likely N-dealkylation sites (N-methyl/N-ethyl adjacent to an activating group) is 1. The first-order valence-electron chi connectivity index (χ1n) is 10.6. The van der Waals surface area contributed by atoms with E-state index >= 15 is 0 Å². The van der Waals surface area contributed by atoms with Crippen LogP contribution in [0.2, 0.25) is 0 Å². The lowest BCUT2D eigenvalue weighted by atomic mass is 9.97. The fourth-order valence-electron chi connectivity index (χ4n) is 4.32. The van der Waals surface area contributed by atoms with E-state index in [9.17, 15) is 0 Å². The van der Waals surface area contributed by atoms with Gasteiger partial charge in [-0.25, -0.2) is 4.98 Å². The van der Waals surface area contributed by atoms with Gasteiger partial charge in [0.15, 0.2) is 5.11 Å². The summed E-state index contributed by atoms with van der Waals surface area (Å²) >= 11 is 5.79. The molecule has 7 heteroatoms. The van der Waals surface area contributed by atoms with Crippen LogP contribution in [0.1, 0.15) is 40.3 Å². The van der Waals surface area contributed by atoms with Crippen LogP contribution in [0.3, 0.4) is 0 Å². The Kier molecular flexibility index (Phi) is 6.07. The minimum absolute atomic E-state index is 0.00390. The van der Waals surface area contributed by atoms with E-state index in [0.29, 0.717) is 0 Å². The number of pyridine rings is 2. The molecule has 0 spiro atoms. The lowest BCUT2D eigenvalue weighted by Crippen LogP contribution is -2.35. The second-order valence-electron chi connectivity index (χ2n) is 8.48. The molecule has 3 aromatic rings. The van der Waals surface area contributed by atoms with Gasteiger partial charge in [-0.2, -0.15) is 0 Å². The van der Waals surface area contributed by atoms with Crippen molar-refractivity contribution in [1.29, 1.82) is 0 Å². The molecule has 1 N–H and O–H groups in total. The van der Waals surface area contributed by atoms with E-state index in [-0.39, 0.29) is 12.1 Å². The first kappa shape index (κ1) is 21.5. The molecule has 0 saturated carbocycles. The molecule has 4 heterocycles. The molecule has 2 atom stereocenters. The summed E-state index contributed by atoms with van der Waals surface area (Å²) in [5.41, 5.74) is 5.75. The Balaban J connectivity index is 1.80. The zero-order valence-electron chi connectivity index (χ0n) is 18.8. The standard InChI is InChI=1S/C24H30N6S/c1-16-9-10-21(26-15-16)30-17(2)14-19(18(30)3)23-22(20-8-6-7-11-25-20)27-24(31)29(23)13-12-28(4)5/h6-11,14-15,22-23H,12-13H2,1-5H3,(H,27,31). The van der Waals surface area contributed by atoms with Gasteiger partial charge in [0, 0.05) is 36.9 Å². The summed E-state index contributed by atoms with van der Waals surface area (Å²) in [5, 5.41) is 4.33. The summed E-state index contributed by atoms with van der Waals surface area (Å²) in [5.74, 6) is 0.939. The lowest BCUT2D eigenvalue weighted by molar-refractivity contribution is 0.277. The van der Waals surface area contributed by atoms with Crippen LogP contribution in [0.15, 0.2) is 48.8 Å². The molecule has 1 fully saturated rings. The van der Waals surface area contributed by atoms with Gasteiger partial charge in [0.1, 0.15) is 5.82 Å². The molecule has 0 amide bonds. The van der Waals surface area contributed by atoms with E-state index in [1.807, 2.05) is 24.5 Å². The van der Waals surface area contributed by atoms with E-state index in [1.165, 1.54) is 11.3 Å². The van der Waals surface area contributed by atoms with E-state index < -0.39 is 0 Å². The van der Waals surface area contributed by atoms with E-state index in [2.05, 4.69) is 88.8 Å². The van der Waals surface area contributed by atoms with Crippen molar-refractivity contribution in [3.63, 3.8) is 0 Å². The molecule has 2 unspecified atom stereocenters. The van der Waals surface area contributed by atoms with Crippen molar-refractivity contribution >= 4 is 17.3 Å². The number of nitrogens with one attached hydrogen (secondary N) is 1. The Morgan fingerprint density at radius 1 is 1.10 bits per heavy atom. The van der Waals surface area contributed by atoms with Gasteiger partial charge in [-0.1, -0.05) is 12.1 Å². The molecule has 1 saturated heterocycles. The lowest BCUT2D eigenvalue weighted by Gasteiger charge is -2.29. The monoisotopic (exact) mass is 434 g/mol. The van der Waals surface area contributed by atoms with Crippen molar-refractivity contribution < 1.29 is 0 Å². The summed E-state index contributed by atoms with van der Waals surface area (Å²) < 4.78 is 2.23. The second-order valence-corrected chi connectivity index (χ2v) is 8.87. The Labute approximate surface area is 189 Å². The highest BCUT2D eigenvalue weighted by Gasteiger charge is 2.41. The highest BCUT2D eigenvalue weighted by atomic mass is 32.1. The molecule has 1 aliphatic rings. The fraction of sp³-hybridized carbons (Fsp3) is 0.375. The first-order valence-corrected chi connectivity index (χ1v) is 11.0. The van der Waals surface area contributed by atoms with Gasteiger partial charge in [-0.05, 0) is 82.5 Å². The van der Waals surface area contributed by atoms with Crippen molar-refractivity contribution in [2.75, 3.05) is 27.2 Å². The van der Waals surface area contributed by atoms with Gasteiger partial charge >= 0.3 is 0 Å². The molecule has 1 aliphatic heterocycles. The summed E-state index contributed by atoms with van der Waals surface area (Å²) in [6, 6.07) is 12.6. The molecule has 0 bridgehead atoms. The van der Waals surface area contributed by atoms with Crippen molar-refractivity contribution in [3.8, 4) is 5.82 Å². The Hall–Kier alpha value is -2.77. The van der Waals surface area contributed by atoms with Gasteiger partial charge in [0.25, 0.3) is 0 Å². The first-order chi connectivity index (χ1) is 14.9. The molecule has 3 aromatic heterocycles. The van der Waals surface area contributed by atoms with Crippen molar-refractivity contribution in [2.45, 2.75) is 32.9 Å². The van der Waals surface area contributed by atoms with Crippen LogP contribution in [-0.4, -0.2) is 56.6 Å². The van der Waals surface area contributed by atoms with Crippen molar-refractivity contribution in [3.05, 3.63) is 77.0 Å². The number of hydrogen-bond donors (Lipinski definition) is 1. The van der Waals surface area contributed by atoms with E-state index in [1.54, 1.807) is 0 Å². The van der Waals surface area contributed by atoms with Crippen molar-refractivity contribution in [1.82, 2.24) is 29.7 Å². The normalized spacial score (nSPS) is 18.6. The number of thiocarbonyl (C=S) groups is 1. The number of rotatable bonds is 6. The summed E-state index contributed by atoms with van der Waals surface area (Å²) in [4.78, 5) is 13.8. The summed E-state index contributed by atoms with van der Waals surface area (Å²) in [6.45, 7) is 8.14. The number of aryl methyl sites for hydroxylation is 2. The van der Waals surface area contributed by atoms with Crippen LogP contribution >= 0.6 is 12.2 Å². The second kappa shape index (κ2) is 8.77. The van der Waals surface area contributed by atoms with Crippen molar-refractivity contribution in [2.24, 2.45) is 0 Å². The van der Waals surface area contributed by atoms with Crippen LogP contribution in [0.5, 0.6) is 0 Å². The fourth-order valence-corrected chi connectivity index (χ4v) is 4.66. The SMILES string of the molecule is Cc1ccc(-n2c(C)cc(C3C(c4ccccn4)NC(=S)N3CCN(C)C)c2C)nc1. The van der Waals surface area contributed by atoms with Gasteiger partial charge < -0.3 is 19.7 Å². The number of hydrogen-bond acceptors (Lipinski definition) is 4. The predicted molar refractivity (Wildman–Crippen MR) is 128 cm³/mol. The maximum Gasteiger partial charge on any atom is 0.170 e. The highest BCUT2D eigenvalue weighted by Crippen LogP contribution is 2.41. The van der Waals surface area contributed by atoms with Crippen LogP contribution in [0, 0.1) is 20.8 Å². The molecule has 6 nitrogen and oxygen atoms in total. The number of aromatic nitrogens is 3. The summed E-state index contributed by atoms with van der Waals surface area (Å²) in [6.07, 6.45) is 3.76. The highest BCUT2D eigenvalue weighted by molar-refractivity contribution is 7.80. The van der Waals surface area contributed by atoms with Gasteiger partial charge in [-0.3, -0.25) is 4.98 Å². The largest absolute Gasteiger partial charge is 0.352 e. The molecular weight excluding hydrogens is 404 g/mol. The van der Waals surface area contributed by atoms with E-state index in [4.69, 9.17) is 12.2 Å². The predicted octanol–water partition coefficient (Wildman–Crippen LogP) is 3.73. The Morgan fingerprint density at radius 3 is 2.55 bits per heavy atom. The molecule has 0 radical (unpaired) electrons. The zero-order valence-corrected chi connectivity index (χ0v) is 19.6. The van der Waals surface area contributed by atoms with Gasteiger partial charge in [-0.15, -0.1) is 0 Å². The van der Waals surface area contributed by atoms with Crippen LogP contribution in [0.4, 0.5) is 0 Å². The smallest absolute Gasteiger partial charge is 0.170 e. The van der Waals surface area contributed by atoms with Crippen LogP contribution < -0.4 is 5.32 Å². The number of nitrogens with zero attached hydrogens (tertiary/aromatic N) is 5. The quantitative estimate of drug-likeness (QED) is 0.597. The van der Waals surface area contributed by atoms with E-state index in [0.717, 1.165) is 41.0 Å². The van der Waals surface area contributed by atoms with Crippen LogP contribution in [0.25, 0.3) is 5.82 Å². The van der Waals surface area contributed by atoms with Gasteiger partial charge in [0.2, 0.25) is 0 Å². The Morgan fingerprint density at radius 2 is 1.90 bits per heavy atom.